The van der Waals surface area contributed by atoms with E-state index in [1.807, 2.05) is 0 Å². The second-order valence-corrected chi connectivity index (χ2v) is 19.1. The third kappa shape index (κ3) is 32.6. The van der Waals surface area contributed by atoms with Gasteiger partial charge in [-0.05, 0) is 51.4 Å². The number of unbranched alkanes of at least 4 members (excludes halogenated alkanes) is 38. The maximum atomic E-state index is 13.8. The zero-order valence-electron chi connectivity index (χ0n) is 40.8. The minimum absolute atomic E-state index is 0.0246. The Labute approximate surface area is 374 Å². The number of Topliss-reactive ketones (excluding diaryl/α,β-unsaturated/α-hetero) is 2. The van der Waals surface area contributed by atoms with Crippen LogP contribution in [0.4, 0.5) is 0 Å². The van der Waals surface area contributed by atoms with Crippen LogP contribution in [0.5, 0.6) is 0 Å². The molecule has 5 nitrogen and oxygen atoms in total. The van der Waals surface area contributed by atoms with Gasteiger partial charge in [0, 0.05) is 12.8 Å². The highest BCUT2D eigenvalue weighted by atomic mass is 16.4. The van der Waals surface area contributed by atoms with Crippen LogP contribution in [-0.2, 0) is 9.59 Å². The molecule has 0 aromatic carbocycles. The molecule has 0 rings (SSSR count). The maximum absolute atomic E-state index is 13.8. The molecule has 0 heterocycles. The van der Waals surface area contributed by atoms with E-state index in [0.717, 1.165) is 70.6 Å². The lowest BCUT2D eigenvalue weighted by atomic mass is 9.71. The van der Waals surface area contributed by atoms with Crippen LogP contribution in [0.2, 0.25) is 0 Å². The number of carbonyl (C=O) groups is 2. The summed E-state index contributed by atoms with van der Waals surface area (Å²) in [7, 11) is 0. The second-order valence-electron chi connectivity index (χ2n) is 19.1. The van der Waals surface area contributed by atoms with Crippen LogP contribution < -0.4 is 0 Å². The van der Waals surface area contributed by atoms with Crippen molar-refractivity contribution >= 4 is 11.6 Å². The summed E-state index contributed by atoms with van der Waals surface area (Å²) in [5.74, 6) is -1.05. The van der Waals surface area contributed by atoms with Gasteiger partial charge in [-0.15, -0.1) is 0 Å². The average molecular weight is 847 g/mol. The summed E-state index contributed by atoms with van der Waals surface area (Å²) >= 11 is 0. The number of hydrogen-bond donors (Lipinski definition) is 3. The second kappa shape index (κ2) is 44.6. The van der Waals surface area contributed by atoms with Crippen molar-refractivity contribution in [3.63, 3.8) is 0 Å². The molecular formula is C55H106O5. The van der Waals surface area contributed by atoms with Gasteiger partial charge in [0.1, 0.15) is 0 Å². The molecule has 0 radical (unpaired) electrons. The van der Waals surface area contributed by atoms with E-state index in [9.17, 15) is 24.9 Å². The molecule has 0 amide bonds. The number of aliphatic hydroxyl groups excluding tert-OH is 1. The Morgan fingerprint density at radius 2 is 0.567 bits per heavy atom. The number of carbonyl (C=O) groups excluding carboxylic acids is 2. The van der Waals surface area contributed by atoms with Crippen molar-refractivity contribution in [3.8, 4) is 0 Å². The molecule has 0 aromatic rings. The summed E-state index contributed by atoms with van der Waals surface area (Å²) in [6, 6.07) is 0. The van der Waals surface area contributed by atoms with Crippen molar-refractivity contribution < 1.29 is 24.9 Å². The lowest BCUT2D eigenvalue weighted by Gasteiger charge is -2.40. The van der Waals surface area contributed by atoms with E-state index in [4.69, 9.17) is 0 Å². The number of ketones is 2. The van der Waals surface area contributed by atoms with E-state index in [0.29, 0.717) is 19.3 Å². The summed E-state index contributed by atoms with van der Waals surface area (Å²) in [6.45, 7) is 5.87. The van der Waals surface area contributed by atoms with Gasteiger partial charge in [0.05, 0.1) is 6.61 Å². The highest BCUT2D eigenvalue weighted by Crippen LogP contribution is 2.34. The molecule has 356 valence electrons. The Bertz CT molecular complexity index is 947. The smallest absolute Gasteiger partial charge is 0.181 e. The molecule has 0 fully saturated rings. The van der Waals surface area contributed by atoms with Gasteiger partial charge in [-0.2, -0.15) is 0 Å². The van der Waals surface area contributed by atoms with Gasteiger partial charge >= 0.3 is 0 Å². The summed E-state index contributed by atoms with van der Waals surface area (Å²) in [6.07, 6.45) is 55.0. The fraction of sp³-hybridized carbons (Fsp3) is 0.927. The average Bonchev–Trinajstić information content (AvgIpc) is 3.25. The minimum Gasteiger partial charge on any atom is -0.393 e. The summed E-state index contributed by atoms with van der Waals surface area (Å²) in [5, 5.41) is 34.3. The largest absolute Gasteiger partial charge is 0.393 e. The van der Waals surface area contributed by atoms with Crippen LogP contribution in [0, 0.1) is 0 Å². The Balaban J connectivity index is 4.78. The lowest BCUT2D eigenvalue weighted by molar-refractivity contribution is -0.192. The molecule has 2 unspecified atom stereocenters. The number of rotatable bonds is 50. The fourth-order valence-electron chi connectivity index (χ4n) is 9.03. The molecule has 5 heteroatoms. The van der Waals surface area contributed by atoms with Crippen molar-refractivity contribution in [3.05, 3.63) is 12.2 Å². The monoisotopic (exact) mass is 847 g/mol. The van der Waals surface area contributed by atoms with E-state index < -0.39 is 29.4 Å². The molecule has 0 aliphatic carbocycles. The molecule has 0 bridgehead atoms. The summed E-state index contributed by atoms with van der Waals surface area (Å²) in [5.41, 5.74) is -4.69. The van der Waals surface area contributed by atoms with E-state index in [2.05, 4.69) is 32.9 Å². The van der Waals surface area contributed by atoms with Crippen LogP contribution in [0.25, 0.3) is 0 Å². The van der Waals surface area contributed by atoms with Gasteiger partial charge in [0.15, 0.2) is 22.8 Å². The zero-order valence-corrected chi connectivity index (χ0v) is 40.8. The standard InChI is InChI=1S/C55H106O5/c1-4-7-10-13-16-19-22-25-27-29-32-35-38-41-44-47-50-54(59,52(57)48-45-42-39-36-34-31-28-26-23-20-17-14-11-8-5-2)55(60,51-56)53(58)49-46-43-40-37-33-30-24-21-18-15-12-9-6-3/h26,28,56,59-60H,4-25,27,29-51H2,1-3H3. The predicted molar refractivity (Wildman–Crippen MR) is 261 cm³/mol. The fourth-order valence-corrected chi connectivity index (χ4v) is 9.03. The first-order valence-corrected chi connectivity index (χ1v) is 27.1. The molecule has 0 saturated heterocycles. The molecule has 2 atom stereocenters. The SMILES string of the molecule is CCCCCCCCC=CCCCCCCCC(=O)C(O)(CCCCCCCCCCCCCCCCCC)C(O)(CO)C(=O)CCCCCCCCCCCCCCC. The van der Waals surface area contributed by atoms with E-state index >= 15 is 0 Å². The van der Waals surface area contributed by atoms with E-state index in [1.54, 1.807) is 0 Å². The quantitative estimate of drug-likeness (QED) is 0.0419. The first kappa shape index (κ1) is 59.0. The number of hydrogen-bond acceptors (Lipinski definition) is 5. The summed E-state index contributed by atoms with van der Waals surface area (Å²) in [4.78, 5) is 27.4. The number of allylic oxidation sites excluding steroid dienone is 2. The Morgan fingerprint density at radius 1 is 0.333 bits per heavy atom. The predicted octanol–water partition coefficient (Wildman–Crippen LogP) is 16.7. The molecule has 0 aliphatic rings. The first-order chi connectivity index (χ1) is 29.3. The molecule has 0 spiro atoms. The van der Waals surface area contributed by atoms with Crippen LogP contribution in [0.3, 0.4) is 0 Å². The summed E-state index contributed by atoms with van der Waals surface area (Å²) < 4.78 is 0. The van der Waals surface area contributed by atoms with E-state index in [-0.39, 0.29) is 19.3 Å². The molecule has 60 heavy (non-hydrogen) atoms. The third-order valence-corrected chi connectivity index (χ3v) is 13.4. The molecule has 0 aliphatic heterocycles. The molecule has 3 N–H and O–H groups in total. The lowest BCUT2D eigenvalue weighted by Crippen LogP contribution is -2.65. The van der Waals surface area contributed by atoms with Gasteiger partial charge in [0.25, 0.3) is 0 Å². The topological polar surface area (TPSA) is 94.8 Å². The van der Waals surface area contributed by atoms with Crippen molar-refractivity contribution in [2.24, 2.45) is 0 Å². The van der Waals surface area contributed by atoms with Crippen molar-refractivity contribution in [1.82, 2.24) is 0 Å². The van der Waals surface area contributed by atoms with Crippen LogP contribution in [0.15, 0.2) is 12.2 Å². The maximum Gasteiger partial charge on any atom is 0.181 e. The van der Waals surface area contributed by atoms with Crippen LogP contribution in [-0.4, -0.2) is 44.7 Å². The third-order valence-electron chi connectivity index (χ3n) is 13.4. The normalized spacial score (nSPS) is 13.9. The van der Waals surface area contributed by atoms with Gasteiger partial charge in [-0.25, -0.2) is 0 Å². The first-order valence-electron chi connectivity index (χ1n) is 27.1. The van der Waals surface area contributed by atoms with E-state index in [1.165, 1.54) is 180 Å². The Morgan fingerprint density at radius 3 is 0.850 bits per heavy atom. The Hall–Kier alpha value is -1.04. The highest BCUT2D eigenvalue weighted by molar-refractivity contribution is 5.99. The molecule has 0 saturated carbocycles. The van der Waals surface area contributed by atoms with Crippen LogP contribution in [0.1, 0.15) is 310 Å². The van der Waals surface area contributed by atoms with Crippen molar-refractivity contribution in [1.29, 1.82) is 0 Å². The van der Waals surface area contributed by atoms with Crippen molar-refractivity contribution in [2.45, 2.75) is 321 Å². The van der Waals surface area contributed by atoms with Gasteiger partial charge < -0.3 is 15.3 Å². The van der Waals surface area contributed by atoms with Gasteiger partial charge in [-0.1, -0.05) is 258 Å². The van der Waals surface area contributed by atoms with Gasteiger partial charge in [0.2, 0.25) is 0 Å². The Kier molecular flexibility index (Phi) is 43.8. The highest BCUT2D eigenvalue weighted by Gasteiger charge is 2.57. The van der Waals surface area contributed by atoms with Crippen LogP contribution >= 0.6 is 0 Å². The van der Waals surface area contributed by atoms with Gasteiger partial charge in [-0.3, -0.25) is 9.59 Å². The molecule has 0 aromatic heterocycles. The molecular weight excluding hydrogens is 741 g/mol. The zero-order chi connectivity index (χ0) is 44.1. The number of aliphatic hydroxyl groups is 3. The minimum atomic E-state index is -2.45. The van der Waals surface area contributed by atoms with Crippen molar-refractivity contribution in [2.75, 3.05) is 6.61 Å².